The summed E-state index contributed by atoms with van der Waals surface area (Å²) in [5.74, 6) is -0.252. The van der Waals surface area contributed by atoms with Crippen LogP contribution in [0.3, 0.4) is 0 Å². The third-order valence-electron chi connectivity index (χ3n) is 4.62. The van der Waals surface area contributed by atoms with Crippen molar-refractivity contribution in [2.75, 3.05) is 18.0 Å². The number of urea groups is 1. The summed E-state index contributed by atoms with van der Waals surface area (Å²) >= 11 is 0. The summed E-state index contributed by atoms with van der Waals surface area (Å²) in [7, 11) is 0. The number of rotatable bonds is 6. The maximum absolute atomic E-state index is 13.0. The number of H-pyrrole nitrogens is 1. The molecule has 0 bridgehead atoms. The number of carbonyl (C=O) groups is 2. The summed E-state index contributed by atoms with van der Waals surface area (Å²) < 4.78 is 13.0. The molecule has 0 saturated carbocycles. The van der Waals surface area contributed by atoms with Gasteiger partial charge < -0.3 is 10.2 Å². The number of carbonyl (C=O) groups excluding carboxylic acids is 2. The number of hydrogen-bond acceptors (Lipinski definition) is 4. The predicted molar refractivity (Wildman–Crippen MR) is 104 cm³/mol. The van der Waals surface area contributed by atoms with E-state index in [4.69, 9.17) is 0 Å². The van der Waals surface area contributed by atoms with Crippen molar-refractivity contribution in [3.63, 3.8) is 0 Å². The molecule has 1 aliphatic heterocycles. The van der Waals surface area contributed by atoms with E-state index in [1.807, 2.05) is 12.1 Å². The highest BCUT2D eigenvalue weighted by atomic mass is 19.1. The van der Waals surface area contributed by atoms with Crippen molar-refractivity contribution in [3.8, 4) is 0 Å². The van der Waals surface area contributed by atoms with Gasteiger partial charge in [-0.3, -0.25) is 19.8 Å². The molecule has 8 nitrogen and oxygen atoms in total. The van der Waals surface area contributed by atoms with Gasteiger partial charge in [0.05, 0.1) is 12.2 Å². The Hall–Kier alpha value is -3.75. The number of hydrogen-bond donors (Lipinski definition) is 2. The molecule has 3 aromatic rings. The molecule has 0 unspecified atom stereocenters. The first-order valence-electron chi connectivity index (χ1n) is 9.14. The Morgan fingerprint density at radius 2 is 2.00 bits per heavy atom. The molecule has 29 heavy (non-hydrogen) atoms. The monoisotopic (exact) mass is 394 g/mol. The number of aromatic amines is 1. The van der Waals surface area contributed by atoms with Crippen LogP contribution >= 0.6 is 0 Å². The van der Waals surface area contributed by atoms with Crippen LogP contribution in [0, 0.1) is 5.82 Å². The van der Waals surface area contributed by atoms with Crippen molar-refractivity contribution in [2.24, 2.45) is 0 Å². The number of halogens is 1. The van der Waals surface area contributed by atoms with Gasteiger partial charge in [0.1, 0.15) is 11.5 Å². The second kappa shape index (κ2) is 8.09. The van der Waals surface area contributed by atoms with Gasteiger partial charge in [-0.25, -0.2) is 9.18 Å². The van der Waals surface area contributed by atoms with E-state index >= 15 is 0 Å². The van der Waals surface area contributed by atoms with Crippen molar-refractivity contribution < 1.29 is 14.0 Å². The Balaban J connectivity index is 1.37. The van der Waals surface area contributed by atoms with E-state index in [0.29, 0.717) is 32.0 Å². The number of anilines is 1. The SMILES string of the molecule is O=C(NCc1ccccn1)c1cc(N2CCN(Cc3ccc(F)cc3)C2=O)n[nH]1. The number of pyridine rings is 1. The quantitative estimate of drug-likeness (QED) is 0.671. The highest BCUT2D eigenvalue weighted by molar-refractivity contribution is 5.96. The molecule has 2 N–H and O–H groups in total. The molecule has 3 amide bonds. The maximum Gasteiger partial charge on any atom is 0.326 e. The van der Waals surface area contributed by atoms with Crippen LogP contribution in [0.4, 0.5) is 15.0 Å². The summed E-state index contributed by atoms with van der Waals surface area (Å²) in [5, 5.41) is 9.54. The Labute approximate surface area is 166 Å². The second-order valence-electron chi connectivity index (χ2n) is 6.63. The number of nitrogens with zero attached hydrogens (tertiary/aromatic N) is 4. The zero-order chi connectivity index (χ0) is 20.2. The normalized spacial score (nSPS) is 13.8. The fourth-order valence-electron chi connectivity index (χ4n) is 3.09. The number of benzene rings is 1. The highest BCUT2D eigenvalue weighted by Crippen LogP contribution is 2.20. The standard InChI is InChI=1S/C20H19FN6O2/c21-15-6-4-14(5-7-15)13-26-9-10-27(20(26)29)18-11-17(24-25-18)19(28)23-12-16-3-1-2-8-22-16/h1-8,11H,9-10,12-13H2,(H,23,28)(H,24,25). The molecule has 1 saturated heterocycles. The lowest BCUT2D eigenvalue weighted by Crippen LogP contribution is -2.31. The van der Waals surface area contributed by atoms with E-state index in [-0.39, 0.29) is 23.4 Å². The molecule has 0 radical (unpaired) electrons. The van der Waals surface area contributed by atoms with Gasteiger partial charge in [0.2, 0.25) is 0 Å². The molecular weight excluding hydrogens is 375 g/mol. The molecule has 0 aliphatic carbocycles. The smallest absolute Gasteiger partial charge is 0.326 e. The van der Waals surface area contributed by atoms with E-state index in [1.54, 1.807) is 35.4 Å². The molecule has 0 atom stereocenters. The van der Waals surface area contributed by atoms with Crippen molar-refractivity contribution in [3.05, 3.63) is 77.5 Å². The van der Waals surface area contributed by atoms with Crippen LogP contribution in [0.1, 0.15) is 21.7 Å². The average molecular weight is 394 g/mol. The van der Waals surface area contributed by atoms with Crippen molar-refractivity contribution in [1.82, 2.24) is 25.4 Å². The largest absolute Gasteiger partial charge is 0.345 e. The van der Waals surface area contributed by atoms with E-state index in [1.165, 1.54) is 17.0 Å². The number of amides is 3. The van der Waals surface area contributed by atoms with E-state index in [2.05, 4.69) is 20.5 Å². The van der Waals surface area contributed by atoms with Gasteiger partial charge in [-0.05, 0) is 29.8 Å². The first-order chi connectivity index (χ1) is 14.1. The van der Waals surface area contributed by atoms with Gasteiger partial charge in [0, 0.05) is 31.9 Å². The summed E-state index contributed by atoms with van der Waals surface area (Å²) in [6.45, 7) is 1.66. The zero-order valence-corrected chi connectivity index (χ0v) is 15.5. The second-order valence-corrected chi connectivity index (χ2v) is 6.63. The van der Waals surface area contributed by atoms with E-state index in [0.717, 1.165) is 11.3 Å². The van der Waals surface area contributed by atoms with Crippen LogP contribution in [0.25, 0.3) is 0 Å². The molecule has 148 valence electrons. The van der Waals surface area contributed by atoms with Crippen LogP contribution in [-0.2, 0) is 13.1 Å². The van der Waals surface area contributed by atoms with Crippen molar-refractivity contribution in [1.29, 1.82) is 0 Å². The van der Waals surface area contributed by atoms with E-state index in [9.17, 15) is 14.0 Å². The van der Waals surface area contributed by atoms with E-state index < -0.39 is 0 Å². The topological polar surface area (TPSA) is 94.2 Å². The van der Waals surface area contributed by atoms with Crippen molar-refractivity contribution >= 4 is 17.8 Å². The minimum Gasteiger partial charge on any atom is -0.345 e. The van der Waals surface area contributed by atoms with Crippen LogP contribution in [0.2, 0.25) is 0 Å². The van der Waals surface area contributed by atoms with Crippen LogP contribution < -0.4 is 10.2 Å². The molecule has 9 heteroatoms. The first-order valence-corrected chi connectivity index (χ1v) is 9.14. The molecule has 1 aliphatic rings. The summed E-state index contributed by atoms with van der Waals surface area (Å²) in [6, 6.07) is 12.9. The van der Waals surface area contributed by atoms with Crippen LogP contribution in [0.15, 0.2) is 54.7 Å². The Kier molecular flexibility index (Phi) is 5.19. The molecule has 4 rings (SSSR count). The lowest BCUT2D eigenvalue weighted by Gasteiger charge is -2.17. The Morgan fingerprint density at radius 3 is 2.76 bits per heavy atom. The van der Waals surface area contributed by atoms with Crippen LogP contribution in [0.5, 0.6) is 0 Å². The molecule has 2 aromatic heterocycles. The highest BCUT2D eigenvalue weighted by Gasteiger charge is 2.31. The third kappa shape index (κ3) is 4.23. The third-order valence-corrected chi connectivity index (χ3v) is 4.62. The van der Waals surface area contributed by atoms with Gasteiger partial charge in [0.25, 0.3) is 5.91 Å². The summed E-state index contributed by atoms with van der Waals surface area (Å²) in [4.78, 5) is 32.3. The molecule has 0 spiro atoms. The number of nitrogens with one attached hydrogen (secondary N) is 2. The van der Waals surface area contributed by atoms with Gasteiger partial charge in [-0.1, -0.05) is 18.2 Å². The minimum atomic E-state index is -0.329. The number of aromatic nitrogens is 3. The van der Waals surface area contributed by atoms with Gasteiger partial charge >= 0.3 is 6.03 Å². The van der Waals surface area contributed by atoms with Gasteiger partial charge in [-0.15, -0.1) is 0 Å². The summed E-state index contributed by atoms with van der Waals surface area (Å²) in [5.41, 5.74) is 1.85. The predicted octanol–water partition coefficient (Wildman–Crippen LogP) is 2.32. The van der Waals surface area contributed by atoms with Gasteiger partial charge in [0.15, 0.2) is 5.82 Å². The Morgan fingerprint density at radius 1 is 1.17 bits per heavy atom. The van der Waals surface area contributed by atoms with Crippen molar-refractivity contribution in [2.45, 2.75) is 13.1 Å². The zero-order valence-electron chi connectivity index (χ0n) is 15.5. The van der Waals surface area contributed by atoms with Gasteiger partial charge in [-0.2, -0.15) is 5.10 Å². The first kappa shape index (κ1) is 18.6. The lowest BCUT2D eigenvalue weighted by atomic mass is 10.2. The fourth-order valence-corrected chi connectivity index (χ4v) is 3.09. The minimum absolute atomic E-state index is 0.207. The molecule has 1 fully saturated rings. The van der Waals surface area contributed by atoms with Crippen LogP contribution in [-0.4, -0.2) is 45.1 Å². The molecular formula is C20H19FN6O2. The maximum atomic E-state index is 13.0. The summed E-state index contributed by atoms with van der Waals surface area (Å²) in [6.07, 6.45) is 1.66. The fraction of sp³-hybridized carbons (Fsp3) is 0.200. The Bertz CT molecular complexity index is 1010. The lowest BCUT2D eigenvalue weighted by molar-refractivity contribution is 0.0945. The molecule has 3 heterocycles. The molecule has 1 aromatic carbocycles. The average Bonchev–Trinajstić information content (AvgIpc) is 3.36.